The number of hydrogen-bond acceptors (Lipinski definition) is 2. The first-order valence-corrected chi connectivity index (χ1v) is 5.54. The quantitative estimate of drug-likeness (QED) is 0.827. The van der Waals surface area contributed by atoms with Crippen molar-refractivity contribution in [2.75, 3.05) is 18.4 Å². The summed E-state index contributed by atoms with van der Waals surface area (Å²) < 4.78 is 26.0. The predicted octanol–water partition coefficient (Wildman–Crippen LogP) is 1.76. The number of carbonyl (C=O) groups is 1. The van der Waals surface area contributed by atoms with Gasteiger partial charge in [-0.2, -0.15) is 0 Å². The van der Waals surface area contributed by atoms with Crippen LogP contribution < -0.4 is 10.6 Å². The molecule has 0 saturated carbocycles. The highest BCUT2D eigenvalue weighted by Crippen LogP contribution is 2.20. The molecule has 2 rings (SSSR count). The van der Waals surface area contributed by atoms with Crippen molar-refractivity contribution in [2.24, 2.45) is 11.8 Å². The fourth-order valence-electron chi connectivity index (χ4n) is 1.98. The molecule has 1 amide bonds. The molecule has 17 heavy (non-hydrogen) atoms. The third-order valence-electron chi connectivity index (χ3n) is 3.04. The molecule has 0 aliphatic carbocycles. The van der Waals surface area contributed by atoms with Crippen LogP contribution in [0.25, 0.3) is 0 Å². The van der Waals surface area contributed by atoms with Crippen molar-refractivity contribution >= 4 is 11.6 Å². The molecule has 0 spiro atoms. The number of nitrogens with one attached hydrogen (secondary N) is 2. The van der Waals surface area contributed by atoms with E-state index in [-0.39, 0.29) is 23.4 Å². The average molecular weight is 240 g/mol. The molecule has 0 aromatic heterocycles. The van der Waals surface area contributed by atoms with Gasteiger partial charge >= 0.3 is 0 Å². The van der Waals surface area contributed by atoms with E-state index in [4.69, 9.17) is 0 Å². The van der Waals surface area contributed by atoms with Gasteiger partial charge in [-0.3, -0.25) is 4.79 Å². The highest BCUT2D eigenvalue weighted by atomic mass is 19.1. The Bertz CT molecular complexity index is 437. The summed E-state index contributed by atoms with van der Waals surface area (Å²) in [5, 5.41) is 5.59. The van der Waals surface area contributed by atoms with Gasteiger partial charge in [0.1, 0.15) is 11.6 Å². The Kier molecular flexibility index (Phi) is 3.38. The molecule has 2 atom stereocenters. The van der Waals surface area contributed by atoms with Crippen molar-refractivity contribution in [3.05, 3.63) is 29.8 Å². The average Bonchev–Trinajstić information content (AvgIpc) is 2.68. The number of halogens is 2. The molecule has 2 unspecified atom stereocenters. The van der Waals surface area contributed by atoms with Gasteiger partial charge in [0.2, 0.25) is 5.91 Å². The summed E-state index contributed by atoms with van der Waals surface area (Å²) in [6.07, 6.45) is 0. The van der Waals surface area contributed by atoms with Crippen molar-refractivity contribution in [2.45, 2.75) is 6.92 Å². The highest BCUT2D eigenvalue weighted by Gasteiger charge is 2.29. The van der Waals surface area contributed by atoms with Gasteiger partial charge in [-0.25, -0.2) is 8.78 Å². The molecule has 1 aromatic carbocycles. The normalized spacial score (nSPS) is 23.7. The first-order valence-electron chi connectivity index (χ1n) is 5.54. The first-order chi connectivity index (χ1) is 8.08. The molecule has 2 N–H and O–H groups in total. The van der Waals surface area contributed by atoms with E-state index in [2.05, 4.69) is 10.6 Å². The Balaban J connectivity index is 2.07. The largest absolute Gasteiger partial charge is 0.323 e. The number of carbonyl (C=O) groups excluding carboxylic acids is 1. The molecular weight excluding hydrogens is 226 g/mol. The fourth-order valence-corrected chi connectivity index (χ4v) is 1.98. The summed E-state index contributed by atoms with van der Waals surface area (Å²) in [7, 11) is 0. The van der Waals surface area contributed by atoms with Gasteiger partial charge < -0.3 is 10.6 Å². The molecule has 92 valence electrons. The minimum Gasteiger partial charge on any atom is -0.323 e. The Morgan fingerprint density at radius 2 is 2.18 bits per heavy atom. The summed E-state index contributed by atoms with van der Waals surface area (Å²) in [6, 6.07) is 3.11. The van der Waals surface area contributed by atoms with E-state index < -0.39 is 11.6 Å². The van der Waals surface area contributed by atoms with E-state index in [9.17, 15) is 13.6 Å². The number of benzene rings is 1. The summed E-state index contributed by atoms with van der Waals surface area (Å²) in [5.41, 5.74) is 0.0236. The monoisotopic (exact) mass is 240 g/mol. The van der Waals surface area contributed by atoms with Crippen molar-refractivity contribution in [3.8, 4) is 0 Å². The fraction of sp³-hybridized carbons (Fsp3) is 0.417. The van der Waals surface area contributed by atoms with Crippen LogP contribution in [0.4, 0.5) is 14.5 Å². The van der Waals surface area contributed by atoms with Crippen LogP contribution in [0.1, 0.15) is 6.92 Å². The topological polar surface area (TPSA) is 41.1 Å². The third kappa shape index (κ3) is 2.61. The Morgan fingerprint density at radius 1 is 1.41 bits per heavy atom. The lowest BCUT2D eigenvalue weighted by molar-refractivity contribution is -0.120. The van der Waals surface area contributed by atoms with E-state index >= 15 is 0 Å². The van der Waals surface area contributed by atoms with Crippen LogP contribution in [0.15, 0.2) is 18.2 Å². The second kappa shape index (κ2) is 4.79. The number of rotatable bonds is 2. The molecule has 3 nitrogen and oxygen atoms in total. The second-order valence-electron chi connectivity index (χ2n) is 4.36. The maximum absolute atomic E-state index is 13.3. The maximum Gasteiger partial charge on any atom is 0.229 e. The zero-order chi connectivity index (χ0) is 12.4. The van der Waals surface area contributed by atoms with Crippen molar-refractivity contribution in [1.29, 1.82) is 0 Å². The molecule has 1 fully saturated rings. The van der Waals surface area contributed by atoms with Gasteiger partial charge in [-0.1, -0.05) is 6.92 Å². The zero-order valence-electron chi connectivity index (χ0n) is 9.47. The lowest BCUT2D eigenvalue weighted by Gasteiger charge is -2.14. The SMILES string of the molecule is CC1CNCC1C(=O)Nc1ccc(F)cc1F. The van der Waals surface area contributed by atoms with E-state index in [1.165, 1.54) is 6.07 Å². The number of amides is 1. The van der Waals surface area contributed by atoms with Gasteiger partial charge in [0.15, 0.2) is 0 Å². The summed E-state index contributed by atoms with van der Waals surface area (Å²) in [5.74, 6) is -1.58. The van der Waals surface area contributed by atoms with Crippen molar-refractivity contribution in [1.82, 2.24) is 5.32 Å². The molecule has 5 heteroatoms. The maximum atomic E-state index is 13.3. The Hall–Kier alpha value is -1.49. The number of hydrogen-bond donors (Lipinski definition) is 2. The van der Waals surface area contributed by atoms with E-state index in [1.807, 2.05) is 6.92 Å². The molecule has 1 aliphatic rings. The molecule has 0 bridgehead atoms. The van der Waals surface area contributed by atoms with Crippen molar-refractivity contribution in [3.63, 3.8) is 0 Å². The van der Waals surface area contributed by atoms with Gasteiger partial charge in [0.25, 0.3) is 0 Å². The van der Waals surface area contributed by atoms with Crippen LogP contribution in [0, 0.1) is 23.5 Å². The minimum atomic E-state index is -0.753. The molecule has 1 aromatic rings. The van der Waals surface area contributed by atoms with E-state index in [0.717, 1.165) is 18.7 Å². The summed E-state index contributed by atoms with van der Waals surface area (Å²) >= 11 is 0. The smallest absolute Gasteiger partial charge is 0.229 e. The van der Waals surface area contributed by atoms with Crippen LogP contribution in [0.3, 0.4) is 0 Å². The van der Waals surface area contributed by atoms with Crippen LogP contribution in [-0.2, 0) is 4.79 Å². The first kappa shape index (κ1) is 12.0. The second-order valence-corrected chi connectivity index (χ2v) is 4.36. The summed E-state index contributed by atoms with van der Waals surface area (Å²) in [6.45, 7) is 3.34. The molecule has 1 heterocycles. The van der Waals surface area contributed by atoms with Crippen LogP contribution in [-0.4, -0.2) is 19.0 Å². The van der Waals surface area contributed by atoms with E-state index in [0.29, 0.717) is 6.54 Å². The lowest BCUT2D eigenvalue weighted by atomic mass is 9.97. The van der Waals surface area contributed by atoms with E-state index in [1.54, 1.807) is 0 Å². The van der Waals surface area contributed by atoms with Crippen molar-refractivity contribution < 1.29 is 13.6 Å². The standard InChI is InChI=1S/C12H14F2N2O/c1-7-5-15-6-9(7)12(17)16-11-3-2-8(13)4-10(11)14/h2-4,7,9,15H,5-6H2,1H3,(H,16,17). The molecule has 1 aliphatic heterocycles. The highest BCUT2D eigenvalue weighted by molar-refractivity contribution is 5.93. The van der Waals surface area contributed by atoms with Crippen LogP contribution >= 0.6 is 0 Å². The van der Waals surface area contributed by atoms with Crippen LogP contribution in [0.2, 0.25) is 0 Å². The minimum absolute atomic E-state index is 0.0236. The van der Waals surface area contributed by atoms with Gasteiger partial charge in [-0.05, 0) is 24.6 Å². The van der Waals surface area contributed by atoms with Gasteiger partial charge in [0, 0.05) is 12.6 Å². The summed E-state index contributed by atoms with van der Waals surface area (Å²) in [4.78, 5) is 11.9. The number of anilines is 1. The molecule has 0 radical (unpaired) electrons. The third-order valence-corrected chi connectivity index (χ3v) is 3.04. The molecular formula is C12H14F2N2O. The Morgan fingerprint density at radius 3 is 2.76 bits per heavy atom. The molecule has 1 saturated heterocycles. The van der Waals surface area contributed by atoms with Gasteiger partial charge in [-0.15, -0.1) is 0 Å². The Labute approximate surface area is 98.2 Å². The van der Waals surface area contributed by atoms with Crippen LogP contribution in [0.5, 0.6) is 0 Å². The van der Waals surface area contributed by atoms with Gasteiger partial charge in [0.05, 0.1) is 11.6 Å². The zero-order valence-corrected chi connectivity index (χ0v) is 9.47. The lowest BCUT2D eigenvalue weighted by Crippen LogP contribution is -2.28. The predicted molar refractivity (Wildman–Crippen MR) is 60.5 cm³/mol.